The standard InChI is InChI=1S/C15H17N3OS/c1-11-18(8-9-20-11)15(19)14-10-13(16-17(14)2)12-6-4-3-5-7-12/h3-7,10-11H,8-9H2,1-2H3. The average molecular weight is 287 g/mol. The second-order valence-electron chi connectivity index (χ2n) is 4.87. The molecule has 104 valence electrons. The summed E-state index contributed by atoms with van der Waals surface area (Å²) in [5.41, 5.74) is 2.53. The van der Waals surface area contributed by atoms with Gasteiger partial charge in [-0.05, 0) is 13.0 Å². The number of benzene rings is 1. The van der Waals surface area contributed by atoms with E-state index in [0.29, 0.717) is 5.69 Å². The molecule has 1 aromatic carbocycles. The van der Waals surface area contributed by atoms with Gasteiger partial charge in [-0.25, -0.2) is 0 Å². The van der Waals surface area contributed by atoms with Crippen LogP contribution in [0.2, 0.25) is 0 Å². The van der Waals surface area contributed by atoms with Gasteiger partial charge in [0.25, 0.3) is 5.91 Å². The first-order valence-corrected chi connectivity index (χ1v) is 7.74. The van der Waals surface area contributed by atoms with E-state index in [1.165, 1.54) is 0 Å². The van der Waals surface area contributed by atoms with Crippen molar-refractivity contribution in [1.82, 2.24) is 14.7 Å². The molecule has 0 N–H and O–H groups in total. The number of thioether (sulfide) groups is 1. The molecule has 1 amide bonds. The Kier molecular flexibility index (Phi) is 3.53. The van der Waals surface area contributed by atoms with Crippen LogP contribution in [0.4, 0.5) is 0 Å². The maximum absolute atomic E-state index is 12.6. The van der Waals surface area contributed by atoms with Gasteiger partial charge in [0, 0.05) is 24.9 Å². The van der Waals surface area contributed by atoms with Crippen LogP contribution in [0.15, 0.2) is 36.4 Å². The van der Waals surface area contributed by atoms with Crippen LogP contribution in [0.1, 0.15) is 17.4 Å². The Hall–Kier alpha value is -1.75. The molecule has 1 unspecified atom stereocenters. The van der Waals surface area contributed by atoms with Gasteiger partial charge in [-0.3, -0.25) is 9.48 Å². The predicted molar refractivity (Wildman–Crippen MR) is 81.6 cm³/mol. The molecule has 0 radical (unpaired) electrons. The van der Waals surface area contributed by atoms with Crippen molar-refractivity contribution in [2.24, 2.45) is 7.05 Å². The van der Waals surface area contributed by atoms with E-state index in [-0.39, 0.29) is 11.3 Å². The topological polar surface area (TPSA) is 38.1 Å². The van der Waals surface area contributed by atoms with Gasteiger partial charge in [0.15, 0.2) is 0 Å². The van der Waals surface area contributed by atoms with Crippen molar-refractivity contribution in [3.63, 3.8) is 0 Å². The summed E-state index contributed by atoms with van der Waals surface area (Å²) in [7, 11) is 1.83. The molecule has 2 aromatic rings. The van der Waals surface area contributed by atoms with Gasteiger partial charge in [0.2, 0.25) is 0 Å². The van der Waals surface area contributed by atoms with Crippen LogP contribution in [0.25, 0.3) is 11.3 Å². The Morgan fingerprint density at radius 2 is 2.10 bits per heavy atom. The van der Waals surface area contributed by atoms with Gasteiger partial charge in [-0.15, -0.1) is 11.8 Å². The molecule has 4 nitrogen and oxygen atoms in total. The minimum Gasteiger partial charge on any atom is -0.325 e. The summed E-state index contributed by atoms with van der Waals surface area (Å²) in [6, 6.07) is 11.8. The first-order valence-electron chi connectivity index (χ1n) is 6.69. The van der Waals surface area contributed by atoms with Crippen LogP contribution < -0.4 is 0 Å². The Labute approximate surface area is 122 Å². The van der Waals surface area contributed by atoms with Crippen LogP contribution in [0.5, 0.6) is 0 Å². The number of amides is 1. The molecular formula is C15H17N3OS. The van der Waals surface area contributed by atoms with Crippen LogP contribution in [0.3, 0.4) is 0 Å². The second-order valence-corrected chi connectivity index (χ2v) is 6.30. The lowest BCUT2D eigenvalue weighted by molar-refractivity contribution is 0.0757. The van der Waals surface area contributed by atoms with E-state index >= 15 is 0 Å². The van der Waals surface area contributed by atoms with Crippen LogP contribution in [0, 0.1) is 0 Å². The predicted octanol–water partition coefficient (Wildman–Crippen LogP) is 2.62. The van der Waals surface area contributed by atoms with Gasteiger partial charge in [-0.2, -0.15) is 5.10 Å². The van der Waals surface area contributed by atoms with Gasteiger partial charge in [0.1, 0.15) is 5.69 Å². The van der Waals surface area contributed by atoms with E-state index < -0.39 is 0 Å². The number of carbonyl (C=O) groups excluding carboxylic acids is 1. The molecule has 1 aromatic heterocycles. The molecule has 0 bridgehead atoms. The summed E-state index contributed by atoms with van der Waals surface area (Å²) in [6.07, 6.45) is 0. The molecule has 1 aliphatic rings. The van der Waals surface area contributed by atoms with E-state index in [2.05, 4.69) is 12.0 Å². The lowest BCUT2D eigenvalue weighted by Crippen LogP contribution is -2.34. The summed E-state index contributed by atoms with van der Waals surface area (Å²) in [5, 5.41) is 4.71. The molecule has 2 heterocycles. The maximum Gasteiger partial charge on any atom is 0.273 e. The van der Waals surface area contributed by atoms with Crippen molar-refractivity contribution in [1.29, 1.82) is 0 Å². The molecule has 1 fully saturated rings. The van der Waals surface area contributed by atoms with Gasteiger partial charge >= 0.3 is 0 Å². The van der Waals surface area contributed by atoms with Crippen molar-refractivity contribution in [2.75, 3.05) is 12.3 Å². The fourth-order valence-electron chi connectivity index (χ4n) is 2.42. The largest absolute Gasteiger partial charge is 0.325 e. The number of aromatic nitrogens is 2. The van der Waals surface area contributed by atoms with E-state index in [4.69, 9.17) is 0 Å². The van der Waals surface area contributed by atoms with Crippen molar-refractivity contribution in [2.45, 2.75) is 12.3 Å². The smallest absolute Gasteiger partial charge is 0.273 e. The molecule has 0 aliphatic carbocycles. The van der Waals surface area contributed by atoms with E-state index in [1.807, 2.05) is 60.1 Å². The van der Waals surface area contributed by atoms with Crippen LogP contribution in [-0.2, 0) is 7.05 Å². The SMILES string of the molecule is CC1SCCN1C(=O)c1cc(-c2ccccc2)nn1C. The number of nitrogens with zero attached hydrogens (tertiary/aromatic N) is 3. The minimum atomic E-state index is 0.0691. The lowest BCUT2D eigenvalue weighted by Gasteiger charge is -2.20. The van der Waals surface area contributed by atoms with Gasteiger partial charge in [-0.1, -0.05) is 30.3 Å². The number of aryl methyl sites for hydroxylation is 1. The fraction of sp³-hybridized carbons (Fsp3) is 0.333. The van der Waals surface area contributed by atoms with Gasteiger partial charge < -0.3 is 4.90 Å². The molecule has 20 heavy (non-hydrogen) atoms. The molecule has 3 rings (SSSR count). The lowest BCUT2D eigenvalue weighted by atomic mass is 10.1. The summed E-state index contributed by atoms with van der Waals surface area (Å²) < 4.78 is 1.68. The Balaban J connectivity index is 1.91. The number of hydrogen-bond acceptors (Lipinski definition) is 3. The minimum absolute atomic E-state index is 0.0691. The molecule has 0 saturated carbocycles. The highest BCUT2D eigenvalue weighted by molar-refractivity contribution is 8.00. The third-order valence-electron chi connectivity index (χ3n) is 3.56. The molecule has 1 saturated heterocycles. The zero-order valence-electron chi connectivity index (χ0n) is 11.6. The quantitative estimate of drug-likeness (QED) is 0.852. The van der Waals surface area contributed by atoms with E-state index in [1.54, 1.807) is 4.68 Å². The first kappa shape index (κ1) is 13.2. The molecule has 1 aliphatic heterocycles. The van der Waals surface area contributed by atoms with E-state index in [9.17, 15) is 4.79 Å². The molecular weight excluding hydrogens is 270 g/mol. The third kappa shape index (κ3) is 2.33. The highest BCUT2D eigenvalue weighted by atomic mass is 32.2. The van der Waals surface area contributed by atoms with Crippen molar-refractivity contribution >= 4 is 17.7 Å². The summed E-state index contributed by atoms with van der Waals surface area (Å²) in [6.45, 7) is 2.89. The summed E-state index contributed by atoms with van der Waals surface area (Å²) in [4.78, 5) is 14.5. The normalized spacial score (nSPS) is 18.5. The average Bonchev–Trinajstić information content (AvgIpc) is 3.05. The maximum atomic E-state index is 12.6. The van der Waals surface area contributed by atoms with Crippen LogP contribution in [-0.4, -0.2) is 38.3 Å². The zero-order valence-corrected chi connectivity index (χ0v) is 12.4. The third-order valence-corrected chi connectivity index (χ3v) is 4.71. The number of hydrogen-bond donors (Lipinski definition) is 0. The summed E-state index contributed by atoms with van der Waals surface area (Å²) >= 11 is 1.81. The first-order chi connectivity index (χ1) is 9.66. The zero-order chi connectivity index (χ0) is 14.1. The number of carbonyl (C=O) groups is 1. The summed E-state index contributed by atoms with van der Waals surface area (Å²) in [5.74, 6) is 1.08. The van der Waals surface area contributed by atoms with E-state index in [0.717, 1.165) is 23.6 Å². The van der Waals surface area contributed by atoms with Crippen molar-refractivity contribution < 1.29 is 4.79 Å². The highest BCUT2D eigenvalue weighted by Crippen LogP contribution is 2.26. The fourth-order valence-corrected chi connectivity index (χ4v) is 3.45. The molecule has 5 heteroatoms. The van der Waals surface area contributed by atoms with Gasteiger partial charge in [0.05, 0.1) is 11.1 Å². The van der Waals surface area contributed by atoms with Crippen molar-refractivity contribution in [3.8, 4) is 11.3 Å². The Bertz CT molecular complexity index is 623. The van der Waals surface area contributed by atoms with Crippen LogP contribution >= 0.6 is 11.8 Å². The second kappa shape index (κ2) is 5.32. The monoisotopic (exact) mass is 287 g/mol. The number of rotatable bonds is 2. The Morgan fingerprint density at radius 1 is 1.35 bits per heavy atom. The Morgan fingerprint density at radius 3 is 2.75 bits per heavy atom. The molecule has 1 atom stereocenters. The highest BCUT2D eigenvalue weighted by Gasteiger charge is 2.28. The molecule has 0 spiro atoms. The van der Waals surface area contributed by atoms with Crippen molar-refractivity contribution in [3.05, 3.63) is 42.1 Å².